The first kappa shape index (κ1) is 14.3. The van der Waals surface area contributed by atoms with Crippen molar-refractivity contribution in [1.82, 2.24) is 4.90 Å². The summed E-state index contributed by atoms with van der Waals surface area (Å²) in [4.78, 5) is 2.67. The zero-order valence-electron chi connectivity index (χ0n) is 12.5. The second-order valence-electron chi connectivity index (χ2n) is 6.74. The number of nitrogens with zero attached hydrogens (tertiary/aromatic N) is 1. The van der Waals surface area contributed by atoms with Crippen LogP contribution in [0, 0.1) is 11.8 Å². The van der Waals surface area contributed by atoms with Gasteiger partial charge in [-0.2, -0.15) is 0 Å². The highest BCUT2D eigenvalue weighted by Crippen LogP contribution is 2.42. The topological polar surface area (TPSA) is 38.5 Å². The van der Waals surface area contributed by atoms with E-state index in [0.717, 1.165) is 25.6 Å². The molecule has 18 heavy (non-hydrogen) atoms. The van der Waals surface area contributed by atoms with E-state index in [-0.39, 0.29) is 5.54 Å². The first-order chi connectivity index (χ1) is 8.49. The molecule has 0 amide bonds. The van der Waals surface area contributed by atoms with Gasteiger partial charge in [-0.05, 0) is 38.5 Å². The van der Waals surface area contributed by atoms with Crippen molar-refractivity contribution in [1.29, 1.82) is 0 Å². The van der Waals surface area contributed by atoms with Gasteiger partial charge in [-0.25, -0.2) is 0 Å². The standard InChI is InChI=1S/C15H30N2O/c1-11-5-6-12(2)15(7-11,10-16)17-8-14(4)18-9-13(17)3/h11-14H,5-10,16H2,1-4H3. The van der Waals surface area contributed by atoms with Crippen molar-refractivity contribution in [2.75, 3.05) is 19.7 Å². The van der Waals surface area contributed by atoms with E-state index < -0.39 is 0 Å². The van der Waals surface area contributed by atoms with Gasteiger partial charge in [-0.3, -0.25) is 4.90 Å². The normalized spacial score (nSPS) is 47.2. The van der Waals surface area contributed by atoms with Crippen LogP contribution in [-0.4, -0.2) is 42.3 Å². The average Bonchev–Trinajstić information content (AvgIpc) is 2.35. The Morgan fingerprint density at radius 2 is 1.94 bits per heavy atom. The molecule has 2 fully saturated rings. The summed E-state index contributed by atoms with van der Waals surface area (Å²) in [5, 5.41) is 0. The molecule has 2 aliphatic rings. The Hall–Kier alpha value is -0.120. The van der Waals surface area contributed by atoms with E-state index in [1.165, 1.54) is 19.3 Å². The van der Waals surface area contributed by atoms with Gasteiger partial charge >= 0.3 is 0 Å². The van der Waals surface area contributed by atoms with Crippen molar-refractivity contribution >= 4 is 0 Å². The Morgan fingerprint density at radius 3 is 2.61 bits per heavy atom. The summed E-state index contributed by atoms with van der Waals surface area (Å²) < 4.78 is 5.78. The van der Waals surface area contributed by atoms with Gasteiger partial charge in [-0.15, -0.1) is 0 Å². The van der Waals surface area contributed by atoms with Crippen LogP contribution in [0.3, 0.4) is 0 Å². The number of nitrogens with two attached hydrogens (primary N) is 1. The number of rotatable bonds is 2. The average molecular weight is 254 g/mol. The molecule has 1 saturated heterocycles. The first-order valence-corrected chi connectivity index (χ1v) is 7.58. The highest BCUT2D eigenvalue weighted by molar-refractivity contribution is 5.02. The minimum atomic E-state index is 0.203. The molecule has 1 heterocycles. The number of morpholine rings is 1. The van der Waals surface area contributed by atoms with Crippen LogP contribution in [0.4, 0.5) is 0 Å². The zero-order valence-corrected chi connectivity index (χ0v) is 12.5. The number of ether oxygens (including phenoxy) is 1. The lowest BCUT2D eigenvalue weighted by atomic mass is 9.68. The van der Waals surface area contributed by atoms with E-state index in [1.54, 1.807) is 0 Å². The summed E-state index contributed by atoms with van der Waals surface area (Å²) in [6, 6.07) is 0.498. The first-order valence-electron chi connectivity index (χ1n) is 7.58. The third-order valence-electron chi connectivity index (χ3n) is 5.25. The predicted octanol–water partition coefficient (Wildman–Crippen LogP) is 2.25. The molecule has 0 aromatic heterocycles. The molecule has 2 N–H and O–H groups in total. The van der Waals surface area contributed by atoms with Gasteiger partial charge in [0.1, 0.15) is 0 Å². The van der Waals surface area contributed by atoms with Gasteiger partial charge in [0, 0.05) is 24.7 Å². The fourth-order valence-corrected chi connectivity index (χ4v) is 4.04. The molecular weight excluding hydrogens is 224 g/mol. The van der Waals surface area contributed by atoms with Crippen LogP contribution in [0.5, 0.6) is 0 Å². The van der Waals surface area contributed by atoms with Crippen LogP contribution >= 0.6 is 0 Å². The van der Waals surface area contributed by atoms with Crippen LogP contribution in [0.15, 0.2) is 0 Å². The molecule has 5 unspecified atom stereocenters. The minimum Gasteiger partial charge on any atom is -0.376 e. The van der Waals surface area contributed by atoms with Crippen LogP contribution in [0.25, 0.3) is 0 Å². The summed E-state index contributed by atoms with van der Waals surface area (Å²) in [5.74, 6) is 1.50. The van der Waals surface area contributed by atoms with Gasteiger partial charge in [0.05, 0.1) is 12.7 Å². The molecule has 0 aromatic rings. The SMILES string of the molecule is CC1CCC(C)C(CN)(N2CC(C)OCC2C)C1. The Labute approximate surface area is 112 Å². The monoisotopic (exact) mass is 254 g/mol. The second kappa shape index (κ2) is 5.48. The van der Waals surface area contributed by atoms with Gasteiger partial charge in [-0.1, -0.05) is 20.3 Å². The van der Waals surface area contributed by atoms with Gasteiger partial charge in [0.15, 0.2) is 0 Å². The molecule has 5 atom stereocenters. The molecule has 0 aromatic carbocycles. The van der Waals surface area contributed by atoms with Crippen LogP contribution in [-0.2, 0) is 4.74 Å². The lowest BCUT2D eigenvalue weighted by molar-refractivity contribution is -0.121. The molecular formula is C15H30N2O. The Morgan fingerprint density at radius 1 is 1.22 bits per heavy atom. The third-order valence-corrected chi connectivity index (χ3v) is 5.25. The van der Waals surface area contributed by atoms with Gasteiger partial charge in [0.25, 0.3) is 0 Å². The Balaban J connectivity index is 2.23. The highest BCUT2D eigenvalue weighted by atomic mass is 16.5. The second-order valence-corrected chi connectivity index (χ2v) is 6.74. The summed E-state index contributed by atoms with van der Waals surface area (Å²) >= 11 is 0. The summed E-state index contributed by atoms with van der Waals surface area (Å²) in [6.07, 6.45) is 4.27. The van der Waals surface area contributed by atoms with E-state index >= 15 is 0 Å². The summed E-state index contributed by atoms with van der Waals surface area (Å²) in [7, 11) is 0. The van der Waals surface area contributed by atoms with Gasteiger partial charge in [0.2, 0.25) is 0 Å². The fourth-order valence-electron chi connectivity index (χ4n) is 4.04. The molecule has 0 radical (unpaired) electrons. The largest absolute Gasteiger partial charge is 0.376 e. The molecule has 1 aliphatic heterocycles. The van der Waals surface area contributed by atoms with Crippen molar-refractivity contribution in [3.05, 3.63) is 0 Å². The van der Waals surface area contributed by atoms with Crippen molar-refractivity contribution in [2.24, 2.45) is 17.6 Å². The van der Waals surface area contributed by atoms with Crippen molar-refractivity contribution in [3.63, 3.8) is 0 Å². The Kier molecular flexibility index (Phi) is 4.35. The van der Waals surface area contributed by atoms with Crippen molar-refractivity contribution < 1.29 is 4.74 Å². The van der Waals surface area contributed by atoms with E-state index in [9.17, 15) is 0 Å². The number of hydrogen-bond donors (Lipinski definition) is 1. The van der Waals surface area contributed by atoms with Crippen LogP contribution in [0.1, 0.15) is 47.0 Å². The molecule has 2 rings (SSSR count). The smallest absolute Gasteiger partial charge is 0.0675 e. The maximum atomic E-state index is 6.25. The quantitative estimate of drug-likeness (QED) is 0.821. The Bertz CT molecular complexity index is 284. The van der Waals surface area contributed by atoms with E-state index in [4.69, 9.17) is 10.5 Å². The lowest BCUT2D eigenvalue weighted by Gasteiger charge is -2.56. The molecule has 1 aliphatic carbocycles. The predicted molar refractivity (Wildman–Crippen MR) is 75.5 cm³/mol. The third kappa shape index (κ3) is 2.45. The van der Waals surface area contributed by atoms with Gasteiger partial charge < -0.3 is 10.5 Å². The fraction of sp³-hybridized carbons (Fsp3) is 1.00. The van der Waals surface area contributed by atoms with Crippen molar-refractivity contribution in [2.45, 2.75) is 64.6 Å². The summed E-state index contributed by atoms with van der Waals surface area (Å²) in [6.45, 7) is 11.9. The molecule has 0 bridgehead atoms. The molecule has 1 saturated carbocycles. The maximum Gasteiger partial charge on any atom is 0.0675 e. The zero-order chi connectivity index (χ0) is 13.3. The molecule has 106 valence electrons. The molecule has 3 nitrogen and oxygen atoms in total. The molecule has 0 spiro atoms. The summed E-state index contributed by atoms with van der Waals surface area (Å²) in [5.41, 5.74) is 6.45. The molecule has 3 heteroatoms. The van der Waals surface area contributed by atoms with Crippen LogP contribution < -0.4 is 5.73 Å². The number of hydrogen-bond acceptors (Lipinski definition) is 3. The van der Waals surface area contributed by atoms with Crippen molar-refractivity contribution in [3.8, 4) is 0 Å². The van der Waals surface area contributed by atoms with E-state index in [0.29, 0.717) is 18.1 Å². The maximum absolute atomic E-state index is 6.25. The lowest BCUT2D eigenvalue weighted by Crippen LogP contribution is -2.66. The van der Waals surface area contributed by atoms with E-state index in [1.807, 2.05) is 0 Å². The highest BCUT2D eigenvalue weighted by Gasteiger charge is 2.47. The minimum absolute atomic E-state index is 0.203. The van der Waals surface area contributed by atoms with E-state index in [2.05, 4.69) is 32.6 Å². The van der Waals surface area contributed by atoms with Crippen LogP contribution in [0.2, 0.25) is 0 Å².